The highest BCUT2D eigenvalue weighted by Gasteiger charge is 2.32. The molecule has 28 heavy (non-hydrogen) atoms. The zero-order valence-corrected chi connectivity index (χ0v) is 16.2. The fourth-order valence-corrected chi connectivity index (χ4v) is 4.20. The lowest BCUT2D eigenvalue weighted by Crippen LogP contribution is -2.42. The number of anilines is 1. The first-order valence-electron chi connectivity index (χ1n) is 10.1. The third-order valence-corrected chi connectivity index (χ3v) is 5.78. The molecule has 0 saturated carbocycles. The zero-order chi connectivity index (χ0) is 19.3. The Morgan fingerprint density at radius 2 is 1.61 bits per heavy atom. The number of rotatable bonds is 4. The standard InChI is InChI=1S/C23H27N3O2/c27-22-16-20(19-8-3-1-4-9-19)17-26(22)18-23(28)25-13-7-12-24(14-15-25)21-10-5-2-6-11-21/h1-6,8-11,20H,7,12-18H2. The van der Waals surface area contributed by atoms with Gasteiger partial charge in [0.25, 0.3) is 0 Å². The number of likely N-dealkylation sites (tertiary alicyclic amines) is 1. The molecule has 4 rings (SSSR count). The molecule has 2 saturated heterocycles. The summed E-state index contributed by atoms with van der Waals surface area (Å²) in [6.07, 6.45) is 1.44. The minimum atomic E-state index is 0.0666. The van der Waals surface area contributed by atoms with Crippen LogP contribution in [0.25, 0.3) is 0 Å². The van der Waals surface area contributed by atoms with E-state index in [1.54, 1.807) is 4.90 Å². The van der Waals surface area contributed by atoms with Gasteiger partial charge in [0.05, 0.1) is 6.54 Å². The number of para-hydroxylation sites is 1. The summed E-state index contributed by atoms with van der Waals surface area (Å²) in [5.41, 5.74) is 2.39. The van der Waals surface area contributed by atoms with Gasteiger partial charge < -0.3 is 14.7 Å². The van der Waals surface area contributed by atoms with E-state index in [-0.39, 0.29) is 24.3 Å². The van der Waals surface area contributed by atoms with Gasteiger partial charge in [0, 0.05) is 50.7 Å². The Morgan fingerprint density at radius 1 is 0.893 bits per heavy atom. The summed E-state index contributed by atoms with van der Waals surface area (Å²) in [4.78, 5) is 31.3. The average Bonchev–Trinajstić information content (AvgIpc) is 2.94. The molecule has 2 fully saturated rings. The molecule has 2 aliphatic rings. The molecule has 0 bridgehead atoms. The van der Waals surface area contributed by atoms with Gasteiger partial charge in [0.1, 0.15) is 0 Å². The first-order chi connectivity index (χ1) is 13.7. The van der Waals surface area contributed by atoms with Gasteiger partial charge in [-0.3, -0.25) is 9.59 Å². The van der Waals surface area contributed by atoms with Crippen molar-refractivity contribution >= 4 is 17.5 Å². The normalized spacial score (nSPS) is 20.4. The highest BCUT2D eigenvalue weighted by Crippen LogP contribution is 2.28. The summed E-state index contributed by atoms with van der Waals surface area (Å²) >= 11 is 0. The van der Waals surface area contributed by atoms with Crippen LogP contribution in [0, 0.1) is 0 Å². The minimum Gasteiger partial charge on any atom is -0.370 e. The van der Waals surface area contributed by atoms with Gasteiger partial charge in [0.15, 0.2) is 0 Å². The lowest BCUT2D eigenvalue weighted by Gasteiger charge is -2.25. The van der Waals surface area contributed by atoms with Crippen LogP contribution in [0.5, 0.6) is 0 Å². The molecule has 146 valence electrons. The van der Waals surface area contributed by atoms with Gasteiger partial charge in [-0.2, -0.15) is 0 Å². The lowest BCUT2D eigenvalue weighted by atomic mass is 9.99. The van der Waals surface area contributed by atoms with Crippen LogP contribution in [-0.4, -0.2) is 60.9 Å². The molecule has 2 aromatic carbocycles. The molecule has 1 atom stereocenters. The Morgan fingerprint density at radius 3 is 2.36 bits per heavy atom. The first kappa shape index (κ1) is 18.5. The predicted octanol–water partition coefficient (Wildman–Crippen LogP) is 2.74. The number of hydrogen-bond donors (Lipinski definition) is 0. The van der Waals surface area contributed by atoms with Crippen LogP contribution in [0.3, 0.4) is 0 Å². The van der Waals surface area contributed by atoms with Gasteiger partial charge in [-0.1, -0.05) is 48.5 Å². The van der Waals surface area contributed by atoms with Crippen LogP contribution in [-0.2, 0) is 9.59 Å². The van der Waals surface area contributed by atoms with Gasteiger partial charge in [-0.05, 0) is 24.1 Å². The van der Waals surface area contributed by atoms with E-state index in [2.05, 4.69) is 29.2 Å². The van der Waals surface area contributed by atoms with E-state index in [1.807, 2.05) is 41.3 Å². The Kier molecular flexibility index (Phi) is 5.60. The quantitative estimate of drug-likeness (QED) is 0.823. The molecule has 2 aromatic rings. The summed E-state index contributed by atoms with van der Waals surface area (Å²) < 4.78 is 0. The minimum absolute atomic E-state index is 0.0666. The van der Waals surface area contributed by atoms with Gasteiger partial charge in [-0.25, -0.2) is 0 Å². The maximum absolute atomic E-state index is 12.9. The van der Waals surface area contributed by atoms with Gasteiger partial charge in [-0.15, -0.1) is 0 Å². The van der Waals surface area contributed by atoms with Crippen LogP contribution in [0.2, 0.25) is 0 Å². The largest absolute Gasteiger partial charge is 0.370 e. The van der Waals surface area contributed by atoms with E-state index in [9.17, 15) is 9.59 Å². The number of hydrogen-bond acceptors (Lipinski definition) is 3. The van der Waals surface area contributed by atoms with Crippen LogP contribution in [0.1, 0.15) is 24.3 Å². The van der Waals surface area contributed by atoms with Crippen molar-refractivity contribution < 1.29 is 9.59 Å². The van der Waals surface area contributed by atoms with E-state index in [4.69, 9.17) is 0 Å². The van der Waals surface area contributed by atoms with Crippen molar-refractivity contribution in [2.24, 2.45) is 0 Å². The fraction of sp³-hybridized carbons (Fsp3) is 0.391. The molecule has 0 aliphatic carbocycles. The number of benzene rings is 2. The number of nitrogens with zero attached hydrogens (tertiary/aromatic N) is 3. The average molecular weight is 377 g/mol. The molecule has 0 spiro atoms. The maximum atomic E-state index is 12.9. The molecule has 2 heterocycles. The highest BCUT2D eigenvalue weighted by atomic mass is 16.2. The number of amides is 2. The predicted molar refractivity (Wildman–Crippen MR) is 110 cm³/mol. The first-order valence-corrected chi connectivity index (χ1v) is 10.1. The molecular formula is C23H27N3O2. The summed E-state index contributed by atoms with van der Waals surface area (Å²) in [7, 11) is 0. The van der Waals surface area contributed by atoms with Crippen molar-refractivity contribution in [3.05, 3.63) is 66.2 Å². The maximum Gasteiger partial charge on any atom is 0.242 e. The monoisotopic (exact) mass is 377 g/mol. The van der Waals surface area contributed by atoms with E-state index >= 15 is 0 Å². The zero-order valence-electron chi connectivity index (χ0n) is 16.2. The summed E-state index contributed by atoms with van der Waals surface area (Å²) in [5.74, 6) is 0.346. The molecule has 2 amide bonds. The molecule has 0 aromatic heterocycles. The highest BCUT2D eigenvalue weighted by molar-refractivity contribution is 5.86. The third kappa shape index (κ3) is 4.19. The Bertz CT molecular complexity index is 809. The Hall–Kier alpha value is -2.82. The van der Waals surface area contributed by atoms with Crippen molar-refractivity contribution in [3.8, 4) is 0 Å². The third-order valence-electron chi connectivity index (χ3n) is 5.78. The number of carbonyl (C=O) groups excluding carboxylic acids is 2. The van der Waals surface area contributed by atoms with Crippen molar-refractivity contribution in [1.29, 1.82) is 0 Å². The summed E-state index contributed by atoms with van der Waals surface area (Å²) in [6, 6.07) is 20.5. The Labute approximate surface area is 166 Å². The molecule has 5 nitrogen and oxygen atoms in total. The van der Waals surface area contributed by atoms with Crippen molar-refractivity contribution in [3.63, 3.8) is 0 Å². The summed E-state index contributed by atoms with van der Waals surface area (Å²) in [5, 5.41) is 0. The van der Waals surface area contributed by atoms with E-state index in [1.165, 1.54) is 11.3 Å². The smallest absolute Gasteiger partial charge is 0.242 e. The fourth-order valence-electron chi connectivity index (χ4n) is 4.20. The van der Waals surface area contributed by atoms with Crippen LogP contribution >= 0.6 is 0 Å². The van der Waals surface area contributed by atoms with Crippen LogP contribution < -0.4 is 4.90 Å². The molecule has 5 heteroatoms. The topological polar surface area (TPSA) is 43.9 Å². The van der Waals surface area contributed by atoms with Gasteiger partial charge in [0.2, 0.25) is 11.8 Å². The van der Waals surface area contributed by atoms with E-state index in [0.717, 1.165) is 26.1 Å². The van der Waals surface area contributed by atoms with E-state index in [0.29, 0.717) is 19.5 Å². The molecule has 1 unspecified atom stereocenters. The van der Waals surface area contributed by atoms with Crippen LogP contribution in [0.15, 0.2) is 60.7 Å². The molecular weight excluding hydrogens is 350 g/mol. The summed E-state index contributed by atoms with van der Waals surface area (Å²) in [6.45, 7) is 4.08. The van der Waals surface area contributed by atoms with Crippen LogP contribution in [0.4, 0.5) is 5.69 Å². The van der Waals surface area contributed by atoms with Crippen molar-refractivity contribution in [2.75, 3.05) is 44.2 Å². The number of carbonyl (C=O) groups is 2. The van der Waals surface area contributed by atoms with E-state index < -0.39 is 0 Å². The van der Waals surface area contributed by atoms with Gasteiger partial charge >= 0.3 is 0 Å². The SMILES string of the molecule is O=C(CN1CC(c2ccccc2)CC1=O)N1CCCN(c2ccccc2)CC1. The molecule has 0 N–H and O–H groups in total. The Balaban J connectivity index is 1.33. The second-order valence-corrected chi connectivity index (χ2v) is 7.64. The van der Waals surface area contributed by atoms with Crippen molar-refractivity contribution in [2.45, 2.75) is 18.8 Å². The molecule has 0 radical (unpaired) electrons. The second-order valence-electron chi connectivity index (χ2n) is 7.64. The van der Waals surface area contributed by atoms with Crippen molar-refractivity contribution in [1.82, 2.24) is 9.80 Å². The lowest BCUT2D eigenvalue weighted by molar-refractivity contribution is -0.138. The molecule has 2 aliphatic heterocycles. The second kappa shape index (κ2) is 8.46.